The zero-order chi connectivity index (χ0) is 13.2. The predicted molar refractivity (Wildman–Crippen MR) is 77.7 cm³/mol. The topological polar surface area (TPSA) is 64.7 Å². The lowest BCUT2D eigenvalue weighted by Crippen LogP contribution is -2.02. The molecular weight excluding hydrogens is 256 g/mol. The zero-order valence-electron chi connectivity index (χ0n) is 10.4. The number of nitrogens with zero attached hydrogens (tertiary/aromatic N) is 3. The molecule has 4 nitrogen and oxygen atoms in total. The molecule has 3 aromatic rings. The second-order valence-corrected chi connectivity index (χ2v) is 4.92. The first-order valence-electron chi connectivity index (χ1n) is 5.84. The summed E-state index contributed by atoms with van der Waals surface area (Å²) in [5.41, 5.74) is 8.89. The molecule has 0 saturated carbocycles. The number of hydrogen-bond donors (Lipinski definition) is 1. The zero-order valence-corrected chi connectivity index (χ0v) is 11.2. The highest BCUT2D eigenvalue weighted by Crippen LogP contribution is 2.25. The molecular formula is C14H12N4S. The van der Waals surface area contributed by atoms with Gasteiger partial charge in [0.05, 0.1) is 0 Å². The summed E-state index contributed by atoms with van der Waals surface area (Å²) in [6.45, 7) is 2.04. The van der Waals surface area contributed by atoms with E-state index in [1.165, 1.54) is 0 Å². The van der Waals surface area contributed by atoms with Gasteiger partial charge in [0.15, 0.2) is 11.6 Å². The molecule has 0 fully saturated rings. The van der Waals surface area contributed by atoms with Crippen molar-refractivity contribution < 1.29 is 0 Å². The van der Waals surface area contributed by atoms with Crippen molar-refractivity contribution in [3.63, 3.8) is 0 Å². The molecule has 5 heteroatoms. The molecule has 94 valence electrons. The van der Waals surface area contributed by atoms with Crippen LogP contribution in [0.2, 0.25) is 0 Å². The van der Waals surface area contributed by atoms with Crippen molar-refractivity contribution in [1.29, 1.82) is 0 Å². The standard InChI is InChI=1S/C14H12N4S/c1-9-7-19-8-11(9)13-16-12(17-14(15)18-13)10-5-3-2-4-6-10/h2-8H,1H3,(H2,15,16,17,18). The maximum atomic E-state index is 5.79. The number of nitrogen functional groups attached to an aromatic ring is 1. The van der Waals surface area contributed by atoms with Gasteiger partial charge in [-0.1, -0.05) is 30.3 Å². The third kappa shape index (κ3) is 2.32. The minimum Gasteiger partial charge on any atom is -0.368 e. The summed E-state index contributed by atoms with van der Waals surface area (Å²) in [6, 6.07) is 9.77. The van der Waals surface area contributed by atoms with Crippen molar-refractivity contribution in [2.75, 3.05) is 5.73 Å². The molecule has 0 unspecified atom stereocenters. The molecule has 0 amide bonds. The molecule has 0 saturated heterocycles. The SMILES string of the molecule is Cc1cscc1-c1nc(N)nc(-c2ccccc2)n1. The molecule has 3 rings (SSSR count). The van der Waals surface area contributed by atoms with E-state index >= 15 is 0 Å². The van der Waals surface area contributed by atoms with E-state index in [0.29, 0.717) is 11.6 Å². The Labute approximate surface area is 115 Å². The van der Waals surface area contributed by atoms with Gasteiger partial charge in [0, 0.05) is 16.5 Å². The highest BCUT2D eigenvalue weighted by atomic mass is 32.1. The minimum atomic E-state index is 0.245. The number of aromatic nitrogens is 3. The summed E-state index contributed by atoms with van der Waals surface area (Å²) < 4.78 is 0. The first-order chi connectivity index (χ1) is 9.24. The van der Waals surface area contributed by atoms with Crippen molar-refractivity contribution >= 4 is 17.3 Å². The van der Waals surface area contributed by atoms with Crippen LogP contribution in [-0.4, -0.2) is 15.0 Å². The fourth-order valence-corrected chi connectivity index (χ4v) is 2.65. The summed E-state index contributed by atoms with van der Waals surface area (Å²) in [7, 11) is 0. The number of aryl methyl sites for hydroxylation is 1. The lowest BCUT2D eigenvalue weighted by atomic mass is 10.2. The summed E-state index contributed by atoms with van der Waals surface area (Å²) in [5, 5.41) is 4.09. The average molecular weight is 268 g/mol. The van der Waals surface area contributed by atoms with Crippen LogP contribution in [0, 0.1) is 6.92 Å². The second-order valence-electron chi connectivity index (χ2n) is 4.18. The Morgan fingerprint density at radius 1 is 0.947 bits per heavy atom. The summed E-state index contributed by atoms with van der Waals surface area (Å²) in [4.78, 5) is 12.9. The Balaban J connectivity index is 2.14. The second kappa shape index (κ2) is 4.78. The maximum absolute atomic E-state index is 5.79. The van der Waals surface area contributed by atoms with Crippen LogP contribution < -0.4 is 5.73 Å². The summed E-state index contributed by atoms with van der Waals surface area (Å²) in [5.74, 6) is 1.48. The third-order valence-corrected chi connectivity index (χ3v) is 3.64. The Hall–Kier alpha value is -2.27. The van der Waals surface area contributed by atoms with Crippen LogP contribution in [0.3, 0.4) is 0 Å². The van der Waals surface area contributed by atoms with Crippen LogP contribution in [0.5, 0.6) is 0 Å². The number of thiophene rings is 1. The smallest absolute Gasteiger partial charge is 0.224 e. The van der Waals surface area contributed by atoms with Crippen molar-refractivity contribution in [3.8, 4) is 22.8 Å². The van der Waals surface area contributed by atoms with E-state index in [0.717, 1.165) is 16.7 Å². The molecule has 0 spiro atoms. The van der Waals surface area contributed by atoms with E-state index in [9.17, 15) is 0 Å². The Bertz CT molecular complexity index is 706. The molecule has 2 aromatic heterocycles. The Morgan fingerprint density at radius 2 is 1.68 bits per heavy atom. The largest absolute Gasteiger partial charge is 0.368 e. The highest BCUT2D eigenvalue weighted by molar-refractivity contribution is 7.08. The maximum Gasteiger partial charge on any atom is 0.224 e. The monoisotopic (exact) mass is 268 g/mol. The van der Waals surface area contributed by atoms with Gasteiger partial charge in [-0.15, -0.1) is 0 Å². The number of anilines is 1. The molecule has 1 aromatic carbocycles. The van der Waals surface area contributed by atoms with E-state index in [4.69, 9.17) is 5.73 Å². The lowest BCUT2D eigenvalue weighted by Gasteiger charge is -2.04. The fourth-order valence-electron chi connectivity index (χ4n) is 1.82. The minimum absolute atomic E-state index is 0.245. The third-order valence-electron chi connectivity index (χ3n) is 2.78. The normalized spacial score (nSPS) is 10.6. The molecule has 2 N–H and O–H groups in total. The lowest BCUT2D eigenvalue weighted by molar-refractivity contribution is 1.08. The molecule has 0 bridgehead atoms. The summed E-state index contributed by atoms with van der Waals surface area (Å²) >= 11 is 1.63. The highest BCUT2D eigenvalue weighted by Gasteiger charge is 2.10. The molecule has 0 aliphatic carbocycles. The van der Waals surface area contributed by atoms with Gasteiger partial charge in [-0.3, -0.25) is 0 Å². The van der Waals surface area contributed by atoms with Crippen LogP contribution in [0.4, 0.5) is 5.95 Å². The predicted octanol–water partition coefficient (Wildman–Crippen LogP) is 3.16. The van der Waals surface area contributed by atoms with Crippen molar-refractivity contribution in [3.05, 3.63) is 46.7 Å². The fraction of sp³-hybridized carbons (Fsp3) is 0.0714. The quantitative estimate of drug-likeness (QED) is 0.775. The molecule has 0 aliphatic heterocycles. The van der Waals surface area contributed by atoms with Gasteiger partial charge in [0.1, 0.15) is 0 Å². The Morgan fingerprint density at radius 3 is 2.37 bits per heavy atom. The van der Waals surface area contributed by atoms with Gasteiger partial charge in [0.25, 0.3) is 0 Å². The molecule has 2 heterocycles. The molecule has 0 atom stereocenters. The van der Waals surface area contributed by atoms with Gasteiger partial charge in [-0.2, -0.15) is 21.3 Å². The molecule has 0 aliphatic rings. The van der Waals surface area contributed by atoms with Crippen molar-refractivity contribution in [1.82, 2.24) is 15.0 Å². The average Bonchev–Trinajstić information content (AvgIpc) is 2.85. The van der Waals surface area contributed by atoms with Crippen LogP contribution >= 0.6 is 11.3 Å². The van der Waals surface area contributed by atoms with Crippen molar-refractivity contribution in [2.24, 2.45) is 0 Å². The van der Waals surface area contributed by atoms with Gasteiger partial charge in [-0.05, 0) is 17.9 Å². The van der Waals surface area contributed by atoms with Crippen LogP contribution in [-0.2, 0) is 0 Å². The van der Waals surface area contributed by atoms with E-state index in [-0.39, 0.29) is 5.95 Å². The molecule has 19 heavy (non-hydrogen) atoms. The van der Waals surface area contributed by atoms with Gasteiger partial charge >= 0.3 is 0 Å². The molecule has 0 radical (unpaired) electrons. The van der Waals surface area contributed by atoms with E-state index in [1.807, 2.05) is 42.6 Å². The van der Waals surface area contributed by atoms with Crippen LogP contribution in [0.15, 0.2) is 41.1 Å². The number of nitrogens with two attached hydrogens (primary N) is 1. The van der Waals surface area contributed by atoms with Gasteiger partial charge < -0.3 is 5.73 Å². The van der Waals surface area contributed by atoms with E-state index in [1.54, 1.807) is 11.3 Å². The number of rotatable bonds is 2. The first-order valence-corrected chi connectivity index (χ1v) is 6.78. The number of benzene rings is 1. The first kappa shape index (κ1) is 11.8. The van der Waals surface area contributed by atoms with E-state index < -0.39 is 0 Å². The van der Waals surface area contributed by atoms with E-state index in [2.05, 4.69) is 20.3 Å². The van der Waals surface area contributed by atoms with Crippen molar-refractivity contribution in [2.45, 2.75) is 6.92 Å². The Kier molecular flexibility index (Phi) is 2.97. The van der Waals surface area contributed by atoms with Gasteiger partial charge in [-0.25, -0.2) is 4.98 Å². The van der Waals surface area contributed by atoms with Crippen LogP contribution in [0.1, 0.15) is 5.56 Å². The number of hydrogen-bond acceptors (Lipinski definition) is 5. The summed E-state index contributed by atoms with van der Waals surface area (Å²) in [6.07, 6.45) is 0. The van der Waals surface area contributed by atoms with Gasteiger partial charge in [0.2, 0.25) is 5.95 Å². The van der Waals surface area contributed by atoms with Crippen LogP contribution in [0.25, 0.3) is 22.8 Å².